The van der Waals surface area contributed by atoms with Crippen LogP contribution in [0.3, 0.4) is 0 Å². The largest absolute Gasteiger partial charge is 0.416 e. The highest BCUT2D eigenvalue weighted by atomic mass is 32.2. The zero-order valence-electron chi connectivity index (χ0n) is 11.0. The average Bonchev–Trinajstić information content (AvgIpc) is 2.74. The SMILES string of the molecule is CN(Cc1ccc(C(F)(F)F)cc1)CN1CCSC1=S. The Morgan fingerprint density at radius 3 is 2.45 bits per heavy atom. The first kappa shape index (κ1) is 15.6. The molecular weight excluding hydrogens is 305 g/mol. The van der Waals surface area contributed by atoms with E-state index in [9.17, 15) is 13.2 Å². The van der Waals surface area contributed by atoms with E-state index in [1.807, 2.05) is 11.9 Å². The summed E-state index contributed by atoms with van der Waals surface area (Å²) in [7, 11) is 1.93. The number of thioether (sulfide) groups is 1. The molecule has 0 amide bonds. The summed E-state index contributed by atoms with van der Waals surface area (Å²) in [4.78, 5) is 4.14. The van der Waals surface area contributed by atoms with Gasteiger partial charge in [0, 0.05) is 18.8 Å². The van der Waals surface area contributed by atoms with E-state index < -0.39 is 11.7 Å². The molecule has 0 saturated carbocycles. The Hall–Kier alpha value is -0.790. The van der Waals surface area contributed by atoms with Crippen molar-refractivity contribution in [1.82, 2.24) is 9.80 Å². The summed E-state index contributed by atoms with van der Waals surface area (Å²) in [6.07, 6.45) is -4.27. The smallest absolute Gasteiger partial charge is 0.344 e. The summed E-state index contributed by atoms with van der Waals surface area (Å²) in [6, 6.07) is 5.30. The maximum atomic E-state index is 12.5. The lowest BCUT2D eigenvalue weighted by Gasteiger charge is -2.25. The number of hydrogen-bond acceptors (Lipinski definition) is 3. The number of rotatable bonds is 4. The van der Waals surface area contributed by atoms with Crippen molar-refractivity contribution in [2.75, 3.05) is 26.0 Å². The van der Waals surface area contributed by atoms with Crippen LogP contribution in [0.2, 0.25) is 0 Å². The highest BCUT2D eigenvalue weighted by Crippen LogP contribution is 2.29. The van der Waals surface area contributed by atoms with E-state index in [1.54, 1.807) is 11.8 Å². The molecule has 1 heterocycles. The van der Waals surface area contributed by atoms with Crippen LogP contribution in [0.4, 0.5) is 13.2 Å². The van der Waals surface area contributed by atoms with Gasteiger partial charge in [-0.05, 0) is 24.7 Å². The van der Waals surface area contributed by atoms with Gasteiger partial charge in [0.25, 0.3) is 0 Å². The van der Waals surface area contributed by atoms with Gasteiger partial charge in [0.2, 0.25) is 0 Å². The van der Waals surface area contributed by atoms with Crippen molar-refractivity contribution in [2.45, 2.75) is 12.7 Å². The van der Waals surface area contributed by atoms with Crippen LogP contribution in [0, 0.1) is 0 Å². The van der Waals surface area contributed by atoms with Crippen LogP contribution in [0.15, 0.2) is 24.3 Å². The van der Waals surface area contributed by atoms with Crippen LogP contribution < -0.4 is 0 Å². The predicted molar refractivity (Wildman–Crippen MR) is 79.5 cm³/mol. The average molecular weight is 320 g/mol. The fourth-order valence-electron chi connectivity index (χ4n) is 2.01. The van der Waals surface area contributed by atoms with Crippen molar-refractivity contribution in [3.8, 4) is 0 Å². The van der Waals surface area contributed by atoms with Crippen LogP contribution in [0.1, 0.15) is 11.1 Å². The minimum atomic E-state index is -4.27. The molecule has 7 heteroatoms. The Bertz CT molecular complexity index is 473. The standard InChI is InChI=1S/C13H15F3N2S2/c1-17(9-18-6-7-20-12(18)19)8-10-2-4-11(5-3-10)13(14,15)16/h2-5H,6-9H2,1H3. The first-order valence-corrected chi connectivity index (χ1v) is 7.52. The normalized spacial score (nSPS) is 16.2. The van der Waals surface area contributed by atoms with E-state index in [2.05, 4.69) is 4.90 Å². The second kappa shape index (κ2) is 6.32. The second-order valence-corrected chi connectivity index (χ2v) is 6.46. The molecule has 110 valence electrons. The Morgan fingerprint density at radius 2 is 1.95 bits per heavy atom. The summed E-state index contributed by atoms with van der Waals surface area (Å²) in [5.41, 5.74) is 0.249. The minimum Gasteiger partial charge on any atom is -0.344 e. The van der Waals surface area contributed by atoms with Crippen molar-refractivity contribution in [3.05, 3.63) is 35.4 Å². The number of nitrogens with zero attached hydrogens (tertiary/aromatic N) is 2. The molecule has 0 N–H and O–H groups in total. The zero-order chi connectivity index (χ0) is 14.8. The molecule has 1 saturated heterocycles. The van der Waals surface area contributed by atoms with Gasteiger partial charge in [-0.25, -0.2) is 0 Å². The second-order valence-electron chi connectivity index (χ2n) is 4.73. The molecule has 2 rings (SSSR count). The molecule has 2 nitrogen and oxygen atoms in total. The molecule has 1 aliphatic heterocycles. The van der Waals surface area contributed by atoms with Gasteiger partial charge in [-0.3, -0.25) is 4.90 Å². The third-order valence-corrected chi connectivity index (χ3v) is 4.49. The van der Waals surface area contributed by atoms with Gasteiger partial charge in [0.15, 0.2) is 0 Å². The maximum Gasteiger partial charge on any atom is 0.416 e. The molecule has 0 bridgehead atoms. The summed E-state index contributed by atoms with van der Waals surface area (Å²) < 4.78 is 38.3. The fraction of sp³-hybridized carbons (Fsp3) is 0.462. The Morgan fingerprint density at radius 1 is 1.30 bits per heavy atom. The van der Waals surface area contributed by atoms with E-state index in [4.69, 9.17) is 12.2 Å². The highest BCUT2D eigenvalue weighted by molar-refractivity contribution is 8.23. The fourth-order valence-corrected chi connectivity index (χ4v) is 3.22. The Balaban J connectivity index is 1.91. The van der Waals surface area contributed by atoms with Crippen LogP contribution in [0.25, 0.3) is 0 Å². The van der Waals surface area contributed by atoms with Crippen molar-refractivity contribution < 1.29 is 13.2 Å². The summed E-state index contributed by atoms with van der Waals surface area (Å²) >= 11 is 6.88. The Kier molecular flexibility index (Phi) is 4.93. The van der Waals surface area contributed by atoms with Crippen molar-refractivity contribution in [1.29, 1.82) is 0 Å². The molecule has 0 spiro atoms. The first-order chi connectivity index (χ1) is 9.36. The quantitative estimate of drug-likeness (QED) is 0.784. The summed E-state index contributed by atoms with van der Waals surface area (Å²) in [5, 5.41) is 0. The number of hydrogen-bond donors (Lipinski definition) is 0. The van der Waals surface area contributed by atoms with Crippen molar-refractivity contribution in [2.24, 2.45) is 0 Å². The molecule has 1 aromatic rings. The van der Waals surface area contributed by atoms with E-state index in [1.165, 1.54) is 12.1 Å². The molecule has 20 heavy (non-hydrogen) atoms. The number of alkyl halides is 3. The molecule has 0 radical (unpaired) electrons. The number of thiocarbonyl (C=S) groups is 1. The monoisotopic (exact) mass is 320 g/mol. The number of benzene rings is 1. The number of halogens is 3. The van der Waals surface area contributed by atoms with Crippen LogP contribution >= 0.6 is 24.0 Å². The zero-order valence-corrected chi connectivity index (χ0v) is 12.6. The van der Waals surface area contributed by atoms with Gasteiger partial charge < -0.3 is 4.90 Å². The molecule has 0 aliphatic carbocycles. The molecular formula is C13H15F3N2S2. The van der Waals surface area contributed by atoms with Gasteiger partial charge >= 0.3 is 6.18 Å². The molecule has 0 aromatic heterocycles. The van der Waals surface area contributed by atoms with Crippen LogP contribution in [-0.2, 0) is 12.7 Å². The minimum absolute atomic E-state index is 0.599. The third-order valence-electron chi connectivity index (χ3n) is 2.99. The topological polar surface area (TPSA) is 6.48 Å². The summed E-state index contributed by atoms with van der Waals surface area (Å²) in [6.45, 7) is 2.23. The molecule has 1 fully saturated rings. The van der Waals surface area contributed by atoms with Crippen LogP contribution in [0.5, 0.6) is 0 Å². The molecule has 1 aromatic carbocycles. The van der Waals surface area contributed by atoms with Gasteiger partial charge in [-0.15, -0.1) is 0 Å². The van der Waals surface area contributed by atoms with E-state index >= 15 is 0 Å². The molecule has 0 unspecified atom stereocenters. The predicted octanol–water partition coefficient (Wildman–Crippen LogP) is 3.43. The van der Waals surface area contributed by atoms with Crippen LogP contribution in [-0.4, -0.2) is 40.1 Å². The lowest BCUT2D eigenvalue weighted by molar-refractivity contribution is -0.137. The maximum absolute atomic E-state index is 12.5. The summed E-state index contributed by atoms with van der Waals surface area (Å²) in [5.74, 6) is 1.01. The van der Waals surface area contributed by atoms with Gasteiger partial charge in [0.05, 0.1) is 12.2 Å². The lowest BCUT2D eigenvalue weighted by Crippen LogP contribution is -2.35. The van der Waals surface area contributed by atoms with Gasteiger partial charge in [-0.2, -0.15) is 13.2 Å². The lowest BCUT2D eigenvalue weighted by atomic mass is 10.1. The van der Waals surface area contributed by atoms with Gasteiger partial charge in [0.1, 0.15) is 4.32 Å². The molecule has 1 aliphatic rings. The van der Waals surface area contributed by atoms with E-state index in [-0.39, 0.29) is 0 Å². The van der Waals surface area contributed by atoms with E-state index in [0.717, 1.165) is 34.3 Å². The van der Waals surface area contributed by atoms with Gasteiger partial charge in [-0.1, -0.05) is 36.1 Å². The van der Waals surface area contributed by atoms with E-state index in [0.29, 0.717) is 13.2 Å². The van der Waals surface area contributed by atoms with Crippen molar-refractivity contribution in [3.63, 3.8) is 0 Å². The Labute approximate surface area is 125 Å². The first-order valence-electron chi connectivity index (χ1n) is 6.12. The third kappa shape index (κ3) is 4.10. The molecule has 0 atom stereocenters. The van der Waals surface area contributed by atoms with Crippen molar-refractivity contribution >= 4 is 28.3 Å². The highest BCUT2D eigenvalue weighted by Gasteiger charge is 2.29.